The van der Waals surface area contributed by atoms with Crippen LogP contribution in [0.15, 0.2) is 30.5 Å². The fourth-order valence-electron chi connectivity index (χ4n) is 2.27. The maximum absolute atomic E-state index is 12.4. The maximum Gasteiger partial charge on any atom is 0.295 e. The first-order valence-electron chi connectivity index (χ1n) is 7.81. The summed E-state index contributed by atoms with van der Waals surface area (Å²) >= 11 is 0. The zero-order valence-electron chi connectivity index (χ0n) is 13.9. The molecule has 0 unspecified atom stereocenters. The smallest absolute Gasteiger partial charge is 0.295 e. The topological polar surface area (TPSA) is 81.4 Å². The second-order valence-electron chi connectivity index (χ2n) is 5.51. The Morgan fingerprint density at radius 1 is 1.29 bits per heavy atom. The molecule has 0 atom stereocenters. The molecule has 0 aliphatic heterocycles. The van der Waals surface area contributed by atoms with E-state index in [1.165, 1.54) is 0 Å². The lowest BCUT2D eigenvalue weighted by Crippen LogP contribution is -2.15. The number of aryl methyl sites for hydroxylation is 2. The Hall–Kier alpha value is -2.96. The first kappa shape index (κ1) is 15.9. The van der Waals surface area contributed by atoms with Gasteiger partial charge in [0.05, 0.1) is 6.61 Å². The molecule has 2 aromatic heterocycles. The molecule has 0 aliphatic carbocycles. The highest BCUT2D eigenvalue weighted by Crippen LogP contribution is 2.22. The van der Waals surface area contributed by atoms with Gasteiger partial charge in [-0.2, -0.15) is 4.98 Å². The molecule has 0 radical (unpaired) electrons. The fourth-order valence-corrected chi connectivity index (χ4v) is 2.27. The van der Waals surface area contributed by atoms with Gasteiger partial charge in [0.1, 0.15) is 5.75 Å². The molecule has 3 aromatic rings. The van der Waals surface area contributed by atoms with Gasteiger partial charge in [0.25, 0.3) is 11.7 Å². The number of benzene rings is 1. The van der Waals surface area contributed by atoms with Crippen molar-refractivity contribution >= 4 is 17.4 Å². The van der Waals surface area contributed by atoms with Crippen LogP contribution in [0.3, 0.4) is 0 Å². The van der Waals surface area contributed by atoms with Gasteiger partial charge in [-0.05, 0) is 50.1 Å². The Labute approximate surface area is 139 Å². The van der Waals surface area contributed by atoms with Gasteiger partial charge in [-0.3, -0.25) is 4.79 Å². The molecular weight excluding hydrogens is 306 g/mol. The minimum atomic E-state index is -0.370. The normalized spacial score (nSPS) is 10.8. The summed E-state index contributed by atoms with van der Waals surface area (Å²) in [5, 5.41) is 7.03. The summed E-state index contributed by atoms with van der Waals surface area (Å²) < 4.78 is 7.13. The fraction of sp³-hybridized carbons (Fsp3) is 0.294. The Bertz CT molecular complexity index is 888. The van der Waals surface area contributed by atoms with Gasteiger partial charge in [0.2, 0.25) is 5.82 Å². The number of hydrogen-bond donors (Lipinski definition) is 1. The standard InChI is InChI=1S/C17H19N5O2/c1-4-9-24-13-5-6-14(11(2)10-13)19-16(23)15-20-17-18-8-7-12(3)22(17)21-15/h5-8,10H,4,9H2,1-3H3,(H,19,23). The predicted molar refractivity (Wildman–Crippen MR) is 90.4 cm³/mol. The summed E-state index contributed by atoms with van der Waals surface area (Å²) in [6.45, 7) is 6.52. The highest BCUT2D eigenvalue weighted by atomic mass is 16.5. The van der Waals surface area contributed by atoms with Crippen LogP contribution in [-0.2, 0) is 0 Å². The zero-order chi connectivity index (χ0) is 17.1. The van der Waals surface area contributed by atoms with Crippen molar-refractivity contribution in [2.75, 3.05) is 11.9 Å². The number of ether oxygens (including phenoxy) is 1. The van der Waals surface area contributed by atoms with E-state index in [1.54, 1.807) is 10.7 Å². The average Bonchev–Trinajstić information content (AvgIpc) is 3.01. The Kier molecular flexibility index (Phi) is 4.41. The molecular formula is C17H19N5O2. The SMILES string of the molecule is CCCOc1ccc(NC(=O)c2nc3nccc(C)n3n2)c(C)c1. The van der Waals surface area contributed by atoms with E-state index in [2.05, 4.69) is 27.3 Å². The average molecular weight is 325 g/mol. The van der Waals surface area contributed by atoms with Crippen LogP contribution >= 0.6 is 0 Å². The zero-order valence-corrected chi connectivity index (χ0v) is 13.9. The molecule has 0 saturated carbocycles. The third-order valence-electron chi connectivity index (χ3n) is 3.55. The van der Waals surface area contributed by atoms with E-state index in [9.17, 15) is 4.79 Å². The van der Waals surface area contributed by atoms with Crippen LogP contribution < -0.4 is 10.1 Å². The van der Waals surface area contributed by atoms with Gasteiger partial charge in [-0.1, -0.05) is 6.92 Å². The van der Waals surface area contributed by atoms with Crippen LogP contribution in [-0.4, -0.2) is 32.1 Å². The number of nitrogens with zero attached hydrogens (tertiary/aromatic N) is 4. The van der Waals surface area contributed by atoms with Gasteiger partial charge < -0.3 is 10.1 Å². The summed E-state index contributed by atoms with van der Waals surface area (Å²) in [5.41, 5.74) is 2.47. The number of carbonyl (C=O) groups excluding carboxylic acids is 1. The van der Waals surface area contributed by atoms with Crippen molar-refractivity contribution in [2.45, 2.75) is 27.2 Å². The van der Waals surface area contributed by atoms with Crippen molar-refractivity contribution in [2.24, 2.45) is 0 Å². The molecule has 7 nitrogen and oxygen atoms in total. The van der Waals surface area contributed by atoms with Crippen LogP contribution in [0.5, 0.6) is 5.75 Å². The van der Waals surface area contributed by atoms with Gasteiger partial charge >= 0.3 is 0 Å². The van der Waals surface area contributed by atoms with Gasteiger partial charge in [-0.25, -0.2) is 9.50 Å². The molecule has 0 saturated heterocycles. The van der Waals surface area contributed by atoms with E-state index in [0.717, 1.165) is 23.4 Å². The van der Waals surface area contributed by atoms with Crippen molar-refractivity contribution in [1.82, 2.24) is 19.6 Å². The third kappa shape index (κ3) is 3.19. The summed E-state index contributed by atoms with van der Waals surface area (Å²) in [4.78, 5) is 20.7. The monoisotopic (exact) mass is 325 g/mol. The first-order chi connectivity index (χ1) is 11.6. The predicted octanol–water partition coefficient (Wildman–Crippen LogP) is 2.78. The van der Waals surface area contributed by atoms with Crippen LogP contribution in [0, 0.1) is 13.8 Å². The molecule has 0 fully saturated rings. The Morgan fingerprint density at radius 3 is 2.83 bits per heavy atom. The van der Waals surface area contributed by atoms with Gasteiger partial charge in [0.15, 0.2) is 0 Å². The summed E-state index contributed by atoms with van der Waals surface area (Å²) in [7, 11) is 0. The Balaban J connectivity index is 1.79. The number of nitrogens with one attached hydrogen (secondary N) is 1. The molecule has 124 valence electrons. The lowest BCUT2D eigenvalue weighted by molar-refractivity contribution is 0.101. The van der Waals surface area contributed by atoms with E-state index in [-0.39, 0.29) is 11.7 Å². The number of rotatable bonds is 5. The van der Waals surface area contributed by atoms with E-state index < -0.39 is 0 Å². The number of carbonyl (C=O) groups is 1. The second kappa shape index (κ2) is 6.66. The van der Waals surface area contributed by atoms with E-state index in [0.29, 0.717) is 18.1 Å². The summed E-state index contributed by atoms with van der Waals surface area (Å²) in [6, 6.07) is 7.36. The molecule has 24 heavy (non-hydrogen) atoms. The quantitative estimate of drug-likeness (QED) is 0.780. The van der Waals surface area contributed by atoms with E-state index in [1.807, 2.05) is 38.1 Å². The van der Waals surface area contributed by atoms with Crippen LogP contribution in [0.4, 0.5) is 5.69 Å². The summed E-state index contributed by atoms with van der Waals surface area (Å²) in [5.74, 6) is 0.908. The third-order valence-corrected chi connectivity index (χ3v) is 3.55. The lowest BCUT2D eigenvalue weighted by Gasteiger charge is -2.10. The van der Waals surface area contributed by atoms with E-state index >= 15 is 0 Å². The maximum atomic E-state index is 12.4. The minimum absolute atomic E-state index is 0.0857. The lowest BCUT2D eigenvalue weighted by atomic mass is 10.2. The molecule has 0 spiro atoms. The van der Waals surface area contributed by atoms with Crippen LogP contribution in [0.1, 0.15) is 35.2 Å². The van der Waals surface area contributed by atoms with Crippen molar-refractivity contribution in [3.05, 3.63) is 47.5 Å². The highest BCUT2D eigenvalue weighted by Gasteiger charge is 2.15. The largest absolute Gasteiger partial charge is 0.494 e. The second-order valence-corrected chi connectivity index (χ2v) is 5.51. The van der Waals surface area contributed by atoms with Crippen molar-refractivity contribution in [1.29, 1.82) is 0 Å². The van der Waals surface area contributed by atoms with Gasteiger partial charge in [0, 0.05) is 17.6 Å². The van der Waals surface area contributed by atoms with Gasteiger partial charge in [-0.15, -0.1) is 5.10 Å². The number of anilines is 1. The van der Waals surface area contributed by atoms with Crippen molar-refractivity contribution in [3.8, 4) is 5.75 Å². The number of aromatic nitrogens is 4. The molecule has 0 aliphatic rings. The number of fused-ring (bicyclic) bond motifs is 1. The number of hydrogen-bond acceptors (Lipinski definition) is 5. The van der Waals surface area contributed by atoms with Crippen LogP contribution in [0.25, 0.3) is 5.78 Å². The number of amides is 1. The molecule has 0 bridgehead atoms. The molecule has 2 heterocycles. The Morgan fingerprint density at radius 2 is 2.12 bits per heavy atom. The highest BCUT2D eigenvalue weighted by molar-refractivity contribution is 6.02. The summed E-state index contributed by atoms with van der Waals surface area (Å²) in [6.07, 6.45) is 2.59. The van der Waals surface area contributed by atoms with Crippen molar-refractivity contribution < 1.29 is 9.53 Å². The molecule has 1 aromatic carbocycles. The van der Waals surface area contributed by atoms with Crippen LogP contribution in [0.2, 0.25) is 0 Å². The molecule has 7 heteroatoms. The minimum Gasteiger partial charge on any atom is -0.494 e. The van der Waals surface area contributed by atoms with E-state index in [4.69, 9.17) is 4.74 Å². The molecule has 1 amide bonds. The molecule has 1 N–H and O–H groups in total. The molecule has 3 rings (SSSR count). The van der Waals surface area contributed by atoms with Crippen molar-refractivity contribution in [3.63, 3.8) is 0 Å². The first-order valence-corrected chi connectivity index (χ1v) is 7.81.